The summed E-state index contributed by atoms with van der Waals surface area (Å²) in [6.45, 7) is 2.53. The topological polar surface area (TPSA) is 3.24 Å². The van der Waals surface area contributed by atoms with E-state index in [-0.39, 0.29) is 0 Å². The van der Waals surface area contributed by atoms with E-state index in [1.807, 2.05) is 0 Å². The van der Waals surface area contributed by atoms with E-state index in [0.29, 0.717) is 0 Å². The highest BCUT2D eigenvalue weighted by Gasteiger charge is 2.33. The molecule has 0 amide bonds. The number of nitrogens with zero attached hydrogens (tertiary/aromatic N) is 1. The van der Waals surface area contributed by atoms with Crippen molar-refractivity contribution >= 4 is 11.8 Å². The highest BCUT2D eigenvalue weighted by atomic mass is 32.2. The molecule has 0 saturated carbocycles. The lowest BCUT2D eigenvalue weighted by atomic mass is 9.81. The fraction of sp³-hybridized carbons (Fsp3) is 0.538. The van der Waals surface area contributed by atoms with Crippen molar-refractivity contribution in [2.75, 3.05) is 25.9 Å². The molecule has 2 aliphatic rings. The SMILES string of the molecule is CN1CC[C@H]2CSc3ccccc3[C@H]2C1. The van der Waals surface area contributed by atoms with Crippen molar-refractivity contribution < 1.29 is 0 Å². The zero-order chi connectivity index (χ0) is 10.3. The summed E-state index contributed by atoms with van der Waals surface area (Å²) in [5, 5.41) is 0. The number of piperidine rings is 1. The molecule has 1 nitrogen and oxygen atoms in total. The van der Waals surface area contributed by atoms with Gasteiger partial charge >= 0.3 is 0 Å². The number of hydrogen-bond acceptors (Lipinski definition) is 2. The van der Waals surface area contributed by atoms with Crippen LogP contribution in [0.15, 0.2) is 29.2 Å². The Hall–Kier alpha value is -0.470. The van der Waals surface area contributed by atoms with Gasteiger partial charge in [-0.05, 0) is 37.6 Å². The summed E-state index contributed by atoms with van der Waals surface area (Å²) in [4.78, 5) is 4.00. The Bertz CT molecular complexity index is 363. The second kappa shape index (κ2) is 3.84. The van der Waals surface area contributed by atoms with Gasteiger partial charge in [0.25, 0.3) is 0 Å². The molecule has 3 rings (SSSR count). The quantitative estimate of drug-likeness (QED) is 0.660. The van der Waals surface area contributed by atoms with Gasteiger partial charge in [-0.1, -0.05) is 18.2 Å². The van der Waals surface area contributed by atoms with Crippen LogP contribution in [0.3, 0.4) is 0 Å². The minimum atomic E-state index is 0.793. The monoisotopic (exact) mass is 219 g/mol. The highest BCUT2D eigenvalue weighted by molar-refractivity contribution is 7.99. The van der Waals surface area contributed by atoms with Crippen LogP contribution in [0.2, 0.25) is 0 Å². The summed E-state index contributed by atoms with van der Waals surface area (Å²) in [6.07, 6.45) is 1.38. The lowest BCUT2D eigenvalue weighted by Gasteiger charge is -2.40. The molecule has 1 saturated heterocycles. The van der Waals surface area contributed by atoms with Crippen molar-refractivity contribution in [1.82, 2.24) is 4.90 Å². The first-order chi connectivity index (χ1) is 7.34. The van der Waals surface area contributed by atoms with Gasteiger partial charge in [0.2, 0.25) is 0 Å². The second-order valence-corrected chi connectivity index (χ2v) is 5.83. The Balaban J connectivity index is 1.96. The van der Waals surface area contributed by atoms with Crippen LogP contribution < -0.4 is 0 Å². The molecule has 2 atom stereocenters. The predicted molar refractivity (Wildman–Crippen MR) is 65.5 cm³/mol. The molecule has 1 aromatic carbocycles. The maximum atomic E-state index is 2.48. The maximum absolute atomic E-state index is 2.48. The zero-order valence-electron chi connectivity index (χ0n) is 9.15. The third-order valence-electron chi connectivity index (χ3n) is 3.73. The number of likely N-dealkylation sites (tertiary alicyclic amines) is 1. The summed E-state index contributed by atoms with van der Waals surface area (Å²) in [7, 11) is 2.25. The molecule has 2 aliphatic heterocycles. The molecule has 15 heavy (non-hydrogen) atoms. The average molecular weight is 219 g/mol. The Morgan fingerprint density at radius 3 is 3.13 bits per heavy atom. The van der Waals surface area contributed by atoms with Crippen LogP contribution >= 0.6 is 11.8 Å². The highest BCUT2D eigenvalue weighted by Crippen LogP contribution is 2.44. The molecule has 80 valence electrons. The number of hydrogen-bond donors (Lipinski definition) is 0. The van der Waals surface area contributed by atoms with E-state index in [2.05, 4.69) is 48.0 Å². The normalized spacial score (nSPS) is 30.7. The number of likely N-dealkylation sites (N-methyl/N-ethyl adjacent to an activating group) is 1. The minimum absolute atomic E-state index is 0.793. The van der Waals surface area contributed by atoms with Gasteiger partial charge in [0.15, 0.2) is 0 Å². The van der Waals surface area contributed by atoms with E-state index in [1.54, 1.807) is 5.56 Å². The Morgan fingerprint density at radius 1 is 1.33 bits per heavy atom. The first kappa shape index (κ1) is 9.73. The summed E-state index contributed by atoms with van der Waals surface area (Å²) in [5.41, 5.74) is 1.60. The number of rotatable bonds is 0. The van der Waals surface area contributed by atoms with Crippen LogP contribution in [0.4, 0.5) is 0 Å². The van der Waals surface area contributed by atoms with Crippen LogP contribution in [0.5, 0.6) is 0 Å². The first-order valence-corrected chi connectivity index (χ1v) is 6.73. The third-order valence-corrected chi connectivity index (χ3v) is 5.01. The van der Waals surface area contributed by atoms with Crippen molar-refractivity contribution in [3.05, 3.63) is 29.8 Å². The summed E-state index contributed by atoms with van der Waals surface area (Å²) >= 11 is 2.06. The molecular weight excluding hydrogens is 202 g/mol. The summed E-state index contributed by atoms with van der Waals surface area (Å²) in [5.74, 6) is 3.04. The Morgan fingerprint density at radius 2 is 2.20 bits per heavy atom. The van der Waals surface area contributed by atoms with Crippen molar-refractivity contribution in [1.29, 1.82) is 0 Å². The summed E-state index contributed by atoms with van der Waals surface area (Å²) in [6, 6.07) is 8.97. The number of fused-ring (bicyclic) bond motifs is 3. The van der Waals surface area contributed by atoms with Crippen LogP contribution in [0.25, 0.3) is 0 Å². The van der Waals surface area contributed by atoms with E-state index < -0.39 is 0 Å². The molecule has 0 unspecified atom stereocenters. The standard InChI is InChI=1S/C13H17NS/c1-14-7-6-10-9-15-13-5-3-2-4-11(13)12(10)8-14/h2-5,10,12H,6-9H2,1H3/t10-,12-/m0/s1. The van der Waals surface area contributed by atoms with Crippen molar-refractivity contribution in [2.45, 2.75) is 17.2 Å². The van der Waals surface area contributed by atoms with Gasteiger partial charge in [-0.2, -0.15) is 0 Å². The molecule has 1 aromatic rings. The van der Waals surface area contributed by atoms with Gasteiger partial charge in [-0.3, -0.25) is 0 Å². The smallest absolute Gasteiger partial charge is 0.0107 e. The van der Waals surface area contributed by atoms with Gasteiger partial charge in [0, 0.05) is 23.1 Å². The van der Waals surface area contributed by atoms with E-state index in [0.717, 1.165) is 11.8 Å². The zero-order valence-corrected chi connectivity index (χ0v) is 9.96. The first-order valence-electron chi connectivity index (χ1n) is 5.75. The van der Waals surface area contributed by atoms with Gasteiger partial charge in [0.05, 0.1) is 0 Å². The van der Waals surface area contributed by atoms with Crippen molar-refractivity contribution in [3.63, 3.8) is 0 Å². The van der Waals surface area contributed by atoms with Gasteiger partial charge in [-0.15, -0.1) is 11.8 Å². The van der Waals surface area contributed by atoms with E-state index >= 15 is 0 Å². The van der Waals surface area contributed by atoms with Gasteiger partial charge < -0.3 is 4.90 Å². The average Bonchev–Trinajstić information content (AvgIpc) is 2.29. The predicted octanol–water partition coefficient (Wildman–Crippen LogP) is 2.83. The largest absolute Gasteiger partial charge is 0.306 e. The Kier molecular flexibility index (Phi) is 2.49. The number of benzene rings is 1. The van der Waals surface area contributed by atoms with Crippen LogP contribution in [-0.2, 0) is 0 Å². The third kappa shape index (κ3) is 1.70. The van der Waals surface area contributed by atoms with Crippen molar-refractivity contribution in [3.8, 4) is 0 Å². The second-order valence-electron chi connectivity index (χ2n) is 4.77. The molecule has 0 spiro atoms. The molecular formula is C13H17NS. The molecule has 1 fully saturated rings. The minimum Gasteiger partial charge on any atom is -0.306 e. The molecule has 2 heteroatoms. The lowest BCUT2D eigenvalue weighted by molar-refractivity contribution is 0.198. The maximum Gasteiger partial charge on any atom is 0.0107 e. The van der Waals surface area contributed by atoms with Gasteiger partial charge in [-0.25, -0.2) is 0 Å². The summed E-state index contributed by atoms with van der Waals surface area (Å²) < 4.78 is 0. The lowest BCUT2D eigenvalue weighted by Crippen LogP contribution is -2.39. The molecule has 0 aromatic heterocycles. The fourth-order valence-corrected chi connectivity index (χ4v) is 4.18. The molecule has 0 N–H and O–H groups in total. The number of thioether (sulfide) groups is 1. The van der Waals surface area contributed by atoms with Crippen LogP contribution in [0.1, 0.15) is 17.9 Å². The Labute approximate surface area is 95.9 Å². The van der Waals surface area contributed by atoms with Crippen molar-refractivity contribution in [2.24, 2.45) is 5.92 Å². The van der Waals surface area contributed by atoms with Crippen LogP contribution in [0, 0.1) is 5.92 Å². The van der Waals surface area contributed by atoms with E-state index in [4.69, 9.17) is 0 Å². The molecule has 0 bridgehead atoms. The van der Waals surface area contributed by atoms with Gasteiger partial charge in [0.1, 0.15) is 0 Å². The van der Waals surface area contributed by atoms with E-state index in [1.165, 1.54) is 30.2 Å². The molecule has 0 aliphatic carbocycles. The molecule has 2 heterocycles. The fourth-order valence-electron chi connectivity index (χ4n) is 2.83. The molecule has 0 radical (unpaired) electrons. The van der Waals surface area contributed by atoms with E-state index in [9.17, 15) is 0 Å². The van der Waals surface area contributed by atoms with Crippen LogP contribution in [-0.4, -0.2) is 30.8 Å².